The molecule has 0 spiro atoms. The lowest BCUT2D eigenvalue weighted by atomic mass is 10.2. The summed E-state index contributed by atoms with van der Waals surface area (Å²) in [6.45, 7) is 0. The Morgan fingerprint density at radius 3 is 2.56 bits per heavy atom. The first-order valence-electron chi connectivity index (χ1n) is 7.21. The normalized spacial score (nSPS) is 10.3. The van der Waals surface area contributed by atoms with Gasteiger partial charge in [0.1, 0.15) is 11.6 Å². The number of aromatic carboxylic acids is 1. The summed E-state index contributed by atoms with van der Waals surface area (Å²) in [5, 5.41) is 25.3. The second-order valence-electron chi connectivity index (χ2n) is 5.03. The minimum atomic E-state index is -1.12. The lowest BCUT2D eigenvalue weighted by Gasteiger charge is -2.10. The van der Waals surface area contributed by atoms with E-state index < -0.39 is 5.97 Å². The van der Waals surface area contributed by atoms with E-state index in [1.165, 1.54) is 18.3 Å². The summed E-state index contributed by atoms with van der Waals surface area (Å²) in [6.07, 6.45) is 1.54. The number of halogens is 1. The zero-order valence-electron chi connectivity index (χ0n) is 12.8. The Balaban J connectivity index is 1.80. The van der Waals surface area contributed by atoms with E-state index in [9.17, 15) is 9.90 Å². The molecule has 3 aromatic rings. The van der Waals surface area contributed by atoms with E-state index in [2.05, 4.69) is 20.6 Å². The Hall–Kier alpha value is -3.32. The molecule has 0 aliphatic rings. The highest BCUT2D eigenvalue weighted by atomic mass is 35.5. The molecule has 8 heteroatoms. The van der Waals surface area contributed by atoms with Gasteiger partial charge in [-0.2, -0.15) is 4.98 Å². The molecule has 0 saturated heterocycles. The van der Waals surface area contributed by atoms with E-state index in [1.54, 1.807) is 12.1 Å². The van der Waals surface area contributed by atoms with Crippen molar-refractivity contribution >= 4 is 40.7 Å². The highest BCUT2D eigenvalue weighted by Gasteiger charge is 2.09. The van der Waals surface area contributed by atoms with E-state index in [-0.39, 0.29) is 17.3 Å². The lowest BCUT2D eigenvalue weighted by Crippen LogP contribution is -2.02. The molecule has 1 heterocycles. The van der Waals surface area contributed by atoms with Crippen LogP contribution in [0.3, 0.4) is 0 Å². The van der Waals surface area contributed by atoms with Crippen LogP contribution >= 0.6 is 11.6 Å². The number of aromatic nitrogens is 2. The molecule has 0 amide bonds. The molecule has 7 nitrogen and oxygen atoms in total. The fraction of sp³-hybridized carbons (Fsp3) is 0. The highest BCUT2D eigenvalue weighted by Crippen LogP contribution is 2.28. The third-order valence-corrected chi connectivity index (χ3v) is 3.61. The maximum absolute atomic E-state index is 10.9. The number of para-hydroxylation sites is 1. The Bertz CT molecular complexity index is 933. The lowest BCUT2D eigenvalue weighted by molar-refractivity contribution is 0.0696. The van der Waals surface area contributed by atoms with Crippen molar-refractivity contribution in [2.24, 2.45) is 0 Å². The molecule has 0 aliphatic carbocycles. The first-order valence-corrected chi connectivity index (χ1v) is 7.58. The number of phenols is 1. The monoisotopic (exact) mass is 356 g/mol. The number of phenolic OH excluding ortho intramolecular Hbond substituents is 1. The largest absolute Gasteiger partial charge is 0.506 e. The second-order valence-corrected chi connectivity index (χ2v) is 5.44. The van der Waals surface area contributed by atoms with Gasteiger partial charge < -0.3 is 20.8 Å². The number of rotatable bonds is 5. The van der Waals surface area contributed by atoms with Crippen LogP contribution in [-0.2, 0) is 0 Å². The average Bonchev–Trinajstić information content (AvgIpc) is 2.59. The Kier molecular flexibility index (Phi) is 4.67. The molecular weight excluding hydrogens is 344 g/mol. The minimum Gasteiger partial charge on any atom is -0.506 e. The van der Waals surface area contributed by atoms with Crippen molar-refractivity contribution in [1.29, 1.82) is 0 Å². The summed E-state index contributed by atoms with van der Waals surface area (Å²) in [6, 6.07) is 12.9. The molecular formula is C17H13ClN4O3. The molecule has 25 heavy (non-hydrogen) atoms. The zero-order chi connectivity index (χ0) is 17.8. The number of benzene rings is 2. The summed E-state index contributed by atoms with van der Waals surface area (Å²) >= 11 is 6.10. The molecule has 3 rings (SSSR count). The van der Waals surface area contributed by atoms with E-state index in [0.717, 1.165) is 6.07 Å². The van der Waals surface area contributed by atoms with Crippen LogP contribution in [0, 0.1) is 0 Å². The topological polar surface area (TPSA) is 107 Å². The molecule has 0 fully saturated rings. The first-order chi connectivity index (χ1) is 12.0. The molecule has 0 saturated carbocycles. The molecule has 0 atom stereocenters. The summed E-state index contributed by atoms with van der Waals surface area (Å²) in [7, 11) is 0. The van der Waals surface area contributed by atoms with Crippen LogP contribution in [0.5, 0.6) is 5.75 Å². The second kappa shape index (κ2) is 7.06. The average molecular weight is 357 g/mol. The van der Waals surface area contributed by atoms with Gasteiger partial charge >= 0.3 is 5.97 Å². The van der Waals surface area contributed by atoms with Crippen molar-refractivity contribution in [2.75, 3.05) is 10.6 Å². The number of carboxylic acid groups (broad SMARTS) is 1. The third-order valence-electron chi connectivity index (χ3n) is 3.28. The van der Waals surface area contributed by atoms with E-state index in [4.69, 9.17) is 16.7 Å². The van der Waals surface area contributed by atoms with E-state index >= 15 is 0 Å². The number of nitrogens with zero attached hydrogens (tertiary/aromatic N) is 2. The van der Waals surface area contributed by atoms with Crippen LogP contribution in [0.1, 0.15) is 10.4 Å². The fourth-order valence-corrected chi connectivity index (χ4v) is 2.26. The number of hydrogen-bond donors (Lipinski definition) is 4. The van der Waals surface area contributed by atoms with Crippen molar-refractivity contribution in [3.63, 3.8) is 0 Å². The number of nitrogens with one attached hydrogen (secondary N) is 2. The molecule has 0 radical (unpaired) electrons. The van der Waals surface area contributed by atoms with Gasteiger partial charge in [-0.05, 0) is 36.4 Å². The number of anilines is 4. The van der Waals surface area contributed by atoms with Gasteiger partial charge in [-0.1, -0.05) is 23.7 Å². The zero-order valence-corrected chi connectivity index (χ0v) is 13.5. The molecule has 2 aromatic carbocycles. The van der Waals surface area contributed by atoms with Crippen molar-refractivity contribution in [2.45, 2.75) is 0 Å². The van der Waals surface area contributed by atoms with Gasteiger partial charge in [0, 0.05) is 6.20 Å². The number of carboxylic acids is 1. The summed E-state index contributed by atoms with van der Waals surface area (Å²) in [5.41, 5.74) is 0.973. The number of hydrogen-bond acceptors (Lipinski definition) is 6. The van der Waals surface area contributed by atoms with E-state index in [1.807, 2.05) is 18.2 Å². The van der Waals surface area contributed by atoms with Gasteiger partial charge in [0.2, 0.25) is 5.95 Å². The van der Waals surface area contributed by atoms with Gasteiger partial charge in [-0.3, -0.25) is 0 Å². The summed E-state index contributed by atoms with van der Waals surface area (Å²) in [5.74, 6) is -0.598. The van der Waals surface area contributed by atoms with Gasteiger partial charge in [-0.25, -0.2) is 9.78 Å². The molecule has 0 bridgehead atoms. The fourth-order valence-electron chi connectivity index (χ4n) is 2.08. The predicted molar refractivity (Wildman–Crippen MR) is 95.1 cm³/mol. The quantitative estimate of drug-likeness (QED) is 0.511. The summed E-state index contributed by atoms with van der Waals surface area (Å²) in [4.78, 5) is 19.3. The molecule has 0 unspecified atom stereocenters. The molecule has 126 valence electrons. The smallest absolute Gasteiger partial charge is 0.335 e. The standard InChI is InChI=1S/C17H13ClN4O3/c18-11-3-1-2-4-12(11)20-15-7-8-19-17(22-15)21-13-6-5-10(16(24)25)9-14(13)23/h1-9,23H,(H,24,25)(H2,19,20,21,22). The Morgan fingerprint density at radius 1 is 1.04 bits per heavy atom. The van der Waals surface area contributed by atoms with Gasteiger partial charge in [-0.15, -0.1) is 0 Å². The Morgan fingerprint density at radius 2 is 1.84 bits per heavy atom. The SMILES string of the molecule is O=C(O)c1ccc(Nc2nccc(Nc3ccccc3Cl)n2)c(O)c1. The van der Waals surface area contributed by atoms with E-state index in [0.29, 0.717) is 22.2 Å². The van der Waals surface area contributed by atoms with Crippen LogP contribution in [0.25, 0.3) is 0 Å². The molecule has 0 aliphatic heterocycles. The van der Waals surface area contributed by atoms with Gasteiger partial charge in [0.15, 0.2) is 0 Å². The van der Waals surface area contributed by atoms with Crippen molar-refractivity contribution in [3.8, 4) is 5.75 Å². The van der Waals surface area contributed by atoms with Crippen LogP contribution in [0.2, 0.25) is 5.02 Å². The maximum atomic E-state index is 10.9. The highest BCUT2D eigenvalue weighted by molar-refractivity contribution is 6.33. The first kappa shape index (κ1) is 16.5. The van der Waals surface area contributed by atoms with Gasteiger partial charge in [0.25, 0.3) is 0 Å². The van der Waals surface area contributed by atoms with Gasteiger partial charge in [0.05, 0.1) is 22.0 Å². The van der Waals surface area contributed by atoms with Crippen molar-refractivity contribution in [1.82, 2.24) is 9.97 Å². The van der Waals surface area contributed by atoms with Crippen LogP contribution in [0.15, 0.2) is 54.7 Å². The third kappa shape index (κ3) is 3.96. The predicted octanol–water partition coefficient (Wildman–Crippen LogP) is 4.02. The number of aromatic hydroxyl groups is 1. The maximum Gasteiger partial charge on any atom is 0.335 e. The summed E-state index contributed by atoms with van der Waals surface area (Å²) < 4.78 is 0. The Labute approximate surface area is 148 Å². The molecule has 4 N–H and O–H groups in total. The minimum absolute atomic E-state index is 0.0156. The molecule has 1 aromatic heterocycles. The van der Waals surface area contributed by atoms with Crippen LogP contribution in [-0.4, -0.2) is 26.2 Å². The van der Waals surface area contributed by atoms with Crippen LogP contribution in [0.4, 0.5) is 23.1 Å². The number of carbonyl (C=O) groups is 1. The van der Waals surface area contributed by atoms with Crippen molar-refractivity contribution in [3.05, 3.63) is 65.3 Å². The van der Waals surface area contributed by atoms with Crippen molar-refractivity contribution < 1.29 is 15.0 Å². The van der Waals surface area contributed by atoms with Crippen LogP contribution < -0.4 is 10.6 Å².